The first-order valence-corrected chi connectivity index (χ1v) is 6.72. The number of unbranched alkanes of at least 4 members (excludes halogenated alkanes) is 1. The average molecular weight is 255 g/mol. The largest absolute Gasteiger partial charge is 0.379 e. The number of hydrogen-bond donors (Lipinski definition) is 1. The summed E-state index contributed by atoms with van der Waals surface area (Å²) in [5.41, 5.74) is 5.44. The van der Waals surface area contributed by atoms with E-state index in [9.17, 15) is 0 Å². The molecule has 0 fully saturated rings. The molecule has 1 rings (SSSR count). The topological polar surface area (TPSA) is 74.2 Å². The summed E-state index contributed by atoms with van der Waals surface area (Å²) in [6.45, 7) is 9.09. The van der Waals surface area contributed by atoms with Crippen molar-refractivity contribution in [1.29, 1.82) is 0 Å². The number of nitrogens with two attached hydrogens (primary N) is 1. The molecule has 2 atom stereocenters. The highest BCUT2D eigenvalue weighted by Crippen LogP contribution is 2.22. The molecule has 0 radical (unpaired) electrons. The van der Waals surface area contributed by atoms with Gasteiger partial charge in [0.1, 0.15) is 5.54 Å². The lowest BCUT2D eigenvalue weighted by atomic mass is 10.0. The third kappa shape index (κ3) is 4.07. The van der Waals surface area contributed by atoms with Gasteiger partial charge in [0.25, 0.3) is 0 Å². The van der Waals surface area contributed by atoms with Crippen molar-refractivity contribution in [2.75, 3.05) is 13.2 Å². The van der Waals surface area contributed by atoms with Gasteiger partial charge < -0.3 is 15.0 Å². The zero-order valence-corrected chi connectivity index (χ0v) is 11.9. The molecule has 1 heterocycles. The minimum Gasteiger partial charge on any atom is -0.379 e. The first-order chi connectivity index (χ1) is 8.51. The van der Waals surface area contributed by atoms with E-state index in [4.69, 9.17) is 15.0 Å². The number of aromatic nitrogens is 2. The molecule has 0 saturated heterocycles. The van der Waals surface area contributed by atoms with E-state index in [1.165, 1.54) is 6.42 Å². The van der Waals surface area contributed by atoms with Gasteiger partial charge in [0.2, 0.25) is 5.89 Å². The number of hydrogen-bond acceptors (Lipinski definition) is 5. The summed E-state index contributed by atoms with van der Waals surface area (Å²) < 4.78 is 10.6. The Hall–Kier alpha value is -0.940. The first-order valence-electron chi connectivity index (χ1n) is 6.72. The third-order valence-corrected chi connectivity index (χ3v) is 2.97. The predicted octanol–water partition coefficient (Wildman–Crippen LogP) is 2.57. The van der Waals surface area contributed by atoms with E-state index in [0.717, 1.165) is 12.8 Å². The van der Waals surface area contributed by atoms with Crippen molar-refractivity contribution in [2.45, 2.75) is 58.4 Å². The molecule has 0 aromatic carbocycles. The Kier molecular flexibility index (Phi) is 5.75. The molecule has 18 heavy (non-hydrogen) atoms. The number of rotatable bonds is 8. The molecular weight excluding hydrogens is 230 g/mol. The lowest BCUT2D eigenvalue weighted by Gasteiger charge is -2.19. The van der Waals surface area contributed by atoms with Crippen molar-refractivity contribution in [3.8, 4) is 0 Å². The standard InChI is InChI=1S/C13H25N3O2/c1-5-7-8-10(3)11-15-12(16-18-11)13(4,14)9-17-6-2/h10H,5-9,14H2,1-4H3. The summed E-state index contributed by atoms with van der Waals surface area (Å²) in [4.78, 5) is 4.40. The molecule has 0 saturated carbocycles. The van der Waals surface area contributed by atoms with Crippen molar-refractivity contribution in [3.05, 3.63) is 11.7 Å². The lowest BCUT2D eigenvalue weighted by molar-refractivity contribution is 0.0962. The Bertz CT molecular complexity index is 350. The highest BCUT2D eigenvalue weighted by Gasteiger charge is 2.28. The second-order valence-corrected chi connectivity index (χ2v) is 5.05. The van der Waals surface area contributed by atoms with E-state index in [1.54, 1.807) is 0 Å². The summed E-state index contributed by atoms with van der Waals surface area (Å²) >= 11 is 0. The van der Waals surface area contributed by atoms with Crippen LogP contribution < -0.4 is 5.73 Å². The summed E-state index contributed by atoms with van der Waals surface area (Å²) in [5.74, 6) is 1.48. The number of nitrogens with zero attached hydrogens (tertiary/aromatic N) is 2. The summed E-state index contributed by atoms with van der Waals surface area (Å²) in [6.07, 6.45) is 3.40. The molecule has 5 nitrogen and oxygen atoms in total. The molecule has 5 heteroatoms. The molecule has 0 aliphatic heterocycles. The van der Waals surface area contributed by atoms with Gasteiger partial charge >= 0.3 is 0 Å². The normalized spacial score (nSPS) is 16.5. The van der Waals surface area contributed by atoms with Crippen molar-refractivity contribution >= 4 is 0 Å². The van der Waals surface area contributed by atoms with Crippen LogP contribution in [0.25, 0.3) is 0 Å². The van der Waals surface area contributed by atoms with Gasteiger partial charge in [-0.3, -0.25) is 0 Å². The summed E-state index contributed by atoms with van der Waals surface area (Å²) in [7, 11) is 0. The number of ether oxygens (including phenoxy) is 1. The van der Waals surface area contributed by atoms with Crippen LogP contribution in [0, 0.1) is 0 Å². The maximum Gasteiger partial charge on any atom is 0.229 e. The molecule has 0 aliphatic carbocycles. The molecule has 2 unspecified atom stereocenters. The van der Waals surface area contributed by atoms with Crippen LogP contribution in [0.15, 0.2) is 4.52 Å². The van der Waals surface area contributed by atoms with E-state index in [2.05, 4.69) is 24.0 Å². The average Bonchev–Trinajstić information content (AvgIpc) is 2.83. The van der Waals surface area contributed by atoms with Crippen LogP contribution in [-0.2, 0) is 10.3 Å². The van der Waals surface area contributed by atoms with E-state index < -0.39 is 5.54 Å². The van der Waals surface area contributed by atoms with Crippen LogP contribution >= 0.6 is 0 Å². The van der Waals surface area contributed by atoms with Crippen molar-refractivity contribution in [2.24, 2.45) is 5.73 Å². The molecule has 1 aromatic heterocycles. The Morgan fingerprint density at radius 1 is 1.44 bits per heavy atom. The van der Waals surface area contributed by atoms with E-state index in [-0.39, 0.29) is 5.92 Å². The zero-order chi connectivity index (χ0) is 13.6. The van der Waals surface area contributed by atoms with Crippen molar-refractivity contribution in [1.82, 2.24) is 10.1 Å². The third-order valence-electron chi connectivity index (χ3n) is 2.97. The molecule has 1 aromatic rings. The molecule has 0 aliphatic rings. The van der Waals surface area contributed by atoms with Gasteiger partial charge in [-0.1, -0.05) is 31.8 Å². The first kappa shape index (κ1) is 15.1. The smallest absolute Gasteiger partial charge is 0.229 e. The maximum atomic E-state index is 6.13. The van der Waals surface area contributed by atoms with E-state index >= 15 is 0 Å². The van der Waals surface area contributed by atoms with Gasteiger partial charge in [0.15, 0.2) is 5.82 Å². The summed E-state index contributed by atoms with van der Waals surface area (Å²) in [5, 5.41) is 3.98. The fourth-order valence-corrected chi connectivity index (χ4v) is 1.68. The minimum atomic E-state index is -0.692. The van der Waals surface area contributed by atoms with Crippen LogP contribution in [0.2, 0.25) is 0 Å². The quantitative estimate of drug-likeness (QED) is 0.772. The Labute approximate surface area is 109 Å². The highest BCUT2D eigenvalue weighted by atomic mass is 16.5. The maximum absolute atomic E-state index is 6.13. The monoisotopic (exact) mass is 255 g/mol. The second-order valence-electron chi connectivity index (χ2n) is 5.05. The fourth-order valence-electron chi connectivity index (χ4n) is 1.68. The van der Waals surface area contributed by atoms with Gasteiger partial charge in [-0.15, -0.1) is 0 Å². The van der Waals surface area contributed by atoms with Gasteiger partial charge in [-0.05, 0) is 20.3 Å². The predicted molar refractivity (Wildman–Crippen MR) is 70.3 cm³/mol. The van der Waals surface area contributed by atoms with Crippen LogP contribution in [0.4, 0.5) is 0 Å². The lowest BCUT2D eigenvalue weighted by Crippen LogP contribution is -2.39. The van der Waals surface area contributed by atoms with Gasteiger partial charge in [-0.2, -0.15) is 4.98 Å². The fraction of sp³-hybridized carbons (Fsp3) is 0.846. The highest BCUT2D eigenvalue weighted by molar-refractivity contribution is 5.03. The van der Waals surface area contributed by atoms with Crippen LogP contribution in [-0.4, -0.2) is 23.4 Å². The minimum absolute atomic E-state index is 0.286. The summed E-state index contributed by atoms with van der Waals surface area (Å²) in [6, 6.07) is 0. The van der Waals surface area contributed by atoms with Crippen molar-refractivity contribution < 1.29 is 9.26 Å². The molecule has 0 bridgehead atoms. The molecular formula is C13H25N3O2. The van der Waals surface area contributed by atoms with Gasteiger partial charge in [0, 0.05) is 12.5 Å². The second kappa shape index (κ2) is 6.85. The molecule has 104 valence electrons. The van der Waals surface area contributed by atoms with E-state index in [0.29, 0.717) is 24.9 Å². The Balaban J connectivity index is 2.66. The van der Waals surface area contributed by atoms with Gasteiger partial charge in [-0.25, -0.2) is 0 Å². The molecule has 0 amide bonds. The Morgan fingerprint density at radius 3 is 2.78 bits per heavy atom. The zero-order valence-electron chi connectivity index (χ0n) is 11.9. The molecule has 0 spiro atoms. The SMILES string of the molecule is CCCCC(C)c1nc(C(C)(N)COCC)no1. The Morgan fingerprint density at radius 2 is 2.17 bits per heavy atom. The van der Waals surface area contributed by atoms with Crippen LogP contribution in [0.5, 0.6) is 0 Å². The van der Waals surface area contributed by atoms with Crippen LogP contribution in [0.3, 0.4) is 0 Å². The van der Waals surface area contributed by atoms with Crippen molar-refractivity contribution in [3.63, 3.8) is 0 Å². The molecule has 2 N–H and O–H groups in total. The van der Waals surface area contributed by atoms with Crippen LogP contribution in [0.1, 0.15) is 64.6 Å². The van der Waals surface area contributed by atoms with Gasteiger partial charge in [0.05, 0.1) is 6.61 Å². The van der Waals surface area contributed by atoms with E-state index in [1.807, 2.05) is 13.8 Å².